The number of anilines is 1. The van der Waals surface area contributed by atoms with Crippen LogP contribution in [0.15, 0.2) is 48.5 Å². The number of halogens is 3. The molecule has 2 amide bonds. The van der Waals surface area contributed by atoms with E-state index in [0.29, 0.717) is 12.1 Å². The van der Waals surface area contributed by atoms with Crippen LogP contribution in [0.1, 0.15) is 12.5 Å². The minimum absolute atomic E-state index is 0.0738. The summed E-state index contributed by atoms with van der Waals surface area (Å²) >= 11 is 0. The molecule has 0 saturated carbocycles. The van der Waals surface area contributed by atoms with Gasteiger partial charge in [-0.3, -0.25) is 0 Å². The van der Waals surface area contributed by atoms with E-state index in [9.17, 15) is 18.0 Å². The number of ether oxygens (including phenoxy) is 2. The van der Waals surface area contributed by atoms with Crippen molar-refractivity contribution in [2.75, 3.05) is 19.0 Å². The zero-order chi connectivity index (χ0) is 19.9. The molecule has 2 aromatic carbocycles. The molecule has 0 heterocycles. The number of hydrogen-bond donors (Lipinski definition) is 2. The SMILES string of the molecule is COc1cccc(CC(C)NC(=O)Nc2ccc(OCC(F)(F)F)cc2)c1. The quantitative estimate of drug-likeness (QED) is 0.747. The van der Waals surface area contributed by atoms with Gasteiger partial charge < -0.3 is 20.1 Å². The van der Waals surface area contributed by atoms with Crippen molar-refractivity contribution in [3.63, 3.8) is 0 Å². The summed E-state index contributed by atoms with van der Waals surface area (Å²) in [6, 6.07) is 12.7. The number of nitrogens with one attached hydrogen (secondary N) is 2. The van der Waals surface area contributed by atoms with Gasteiger partial charge >= 0.3 is 12.2 Å². The van der Waals surface area contributed by atoms with Gasteiger partial charge in [0, 0.05) is 11.7 Å². The molecule has 27 heavy (non-hydrogen) atoms. The van der Waals surface area contributed by atoms with Crippen molar-refractivity contribution in [2.45, 2.75) is 25.6 Å². The fraction of sp³-hybridized carbons (Fsp3) is 0.316. The number of benzene rings is 2. The molecule has 0 saturated heterocycles. The van der Waals surface area contributed by atoms with Crippen molar-refractivity contribution in [2.24, 2.45) is 0 Å². The standard InChI is InChI=1S/C19H21F3N2O3/c1-13(10-14-4-3-5-17(11-14)26-2)23-18(25)24-15-6-8-16(9-7-15)27-12-19(20,21)22/h3-9,11,13H,10,12H2,1-2H3,(H2,23,24,25). The molecule has 0 aromatic heterocycles. The summed E-state index contributed by atoms with van der Waals surface area (Å²) in [4.78, 5) is 12.1. The van der Waals surface area contributed by atoms with Gasteiger partial charge in [-0.1, -0.05) is 12.1 Å². The van der Waals surface area contributed by atoms with Gasteiger partial charge in [0.05, 0.1) is 7.11 Å². The van der Waals surface area contributed by atoms with Crippen LogP contribution in [0.4, 0.5) is 23.7 Å². The van der Waals surface area contributed by atoms with Gasteiger partial charge in [0.25, 0.3) is 0 Å². The smallest absolute Gasteiger partial charge is 0.422 e. The van der Waals surface area contributed by atoms with Crippen LogP contribution in [0.3, 0.4) is 0 Å². The van der Waals surface area contributed by atoms with Gasteiger partial charge in [-0.25, -0.2) is 4.79 Å². The second kappa shape index (κ2) is 9.16. The predicted molar refractivity (Wildman–Crippen MR) is 96.3 cm³/mol. The van der Waals surface area contributed by atoms with Crippen molar-refractivity contribution in [1.29, 1.82) is 0 Å². The molecule has 2 N–H and O–H groups in total. The van der Waals surface area contributed by atoms with Gasteiger partial charge in [0.1, 0.15) is 11.5 Å². The molecular weight excluding hydrogens is 361 g/mol. The number of hydrogen-bond acceptors (Lipinski definition) is 3. The van der Waals surface area contributed by atoms with Crippen molar-refractivity contribution >= 4 is 11.7 Å². The van der Waals surface area contributed by atoms with E-state index in [4.69, 9.17) is 4.74 Å². The van der Waals surface area contributed by atoms with Crippen LogP contribution < -0.4 is 20.1 Å². The van der Waals surface area contributed by atoms with E-state index >= 15 is 0 Å². The van der Waals surface area contributed by atoms with E-state index in [-0.39, 0.29) is 11.8 Å². The largest absolute Gasteiger partial charge is 0.497 e. The van der Waals surface area contributed by atoms with E-state index in [1.165, 1.54) is 24.3 Å². The molecule has 1 unspecified atom stereocenters. The fourth-order valence-corrected chi connectivity index (χ4v) is 2.39. The van der Waals surface area contributed by atoms with E-state index in [1.54, 1.807) is 7.11 Å². The van der Waals surface area contributed by atoms with Crippen LogP contribution in [0, 0.1) is 0 Å². The van der Waals surface area contributed by atoms with E-state index in [0.717, 1.165) is 11.3 Å². The average molecular weight is 382 g/mol. The first-order valence-electron chi connectivity index (χ1n) is 8.25. The molecule has 0 radical (unpaired) electrons. The Morgan fingerprint density at radius 2 is 1.81 bits per heavy atom. The number of methoxy groups -OCH3 is 1. The summed E-state index contributed by atoms with van der Waals surface area (Å²) < 4.78 is 46.1. The fourth-order valence-electron chi connectivity index (χ4n) is 2.39. The maximum Gasteiger partial charge on any atom is 0.422 e. The van der Waals surface area contributed by atoms with Crippen molar-refractivity contribution < 1.29 is 27.4 Å². The monoisotopic (exact) mass is 382 g/mol. The van der Waals surface area contributed by atoms with Crippen LogP contribution in [0.25, 0.3) is 0 Å². The number of carbonyl (C=O) groups excluding carboxylic acids is 1. The topological polar surface area (TPSA) is 59.6 Å². The molecular formula is C19H21F3N2O3. The molecule has 8 heteroatoms. The third kappa shape index (κ3) is 7.47. The molecule has 0 fully saturated rings. The summed E-state index contributed by atoms with van der Waals surface area (Å²) in [5, 5.41) is 5.43. The lowest BCUT2D eigenvalue weighted by molar-refractivity contribution is -0.153. The number of alkyl halides is 3. The molecule has 0 aliphatic heterocycles. The molecule has 1 atom stereocenters. The first kappa shape index (κ1) is 20.4. The Morgan fingerprint density at radius 3 is 2.44 bits per heavy atom. The zero-order valence-corrected chi connectivity index (χ0v) is 15.0. The van der Waals surface area contributed by atoms with Gasteiger partial charge in [0.2, 0.25) is 0 Å². The van der Waals surface area contributed by atoms with Crippen molar-refractivity contribution in [3.05, 3.63) is 54.1 Å². The Labute approximate surface area is 155 Å². The van der Waals surface area contributed by atoms with E-state index in [1.807, 2.05) is 31.2 Å². The minimum Gasteiger partial charge on any atom is -0.497 e. The number of rotatable bonds is 7. The Morgan fingerprint density at radius 1 is 1.11 bits per heavy atom. The summed E-state index contributed by atoms with van der Waals surface area (Å²) in [5.41, 5.74) is 1.47. The van der Waals surface area contributed by atoms with E-state index in [2.05, 4.69) is 15.4 Å². The highest BCUT2D eigenvalue weighted by atomic mass is 19.4. The first-order chi connectivity index (χ1) is 12.7. The lowest BCUT2D eigenvalue weighted by Crippen LogP contribution is -2.37. The van der Waals surface area contributed by atoms with Crippen molar-refractivity contribution in [3.8, 4) is 11.5 Å². The Balaban J connectivity index is 1.82. The number of urea groups is 1. The molecule has 146 valence electrons. The Hall–Kier alpha value is -2.90. The summed E-state index contributed by atoms with van der Waals surface area (Å²) in [7, 11) is 1.59. The van der Waals surface area contributed by atoms with Gasteiger partial charge in [-0.15, -0.1) is 0 Å². The molecule has 0 bridgehead atoms. The second-order valence-corrected chi connectivity index (χ2v) is 5.98. The Bertz CT molecular complexity index is 749. The Kier molecular flexibility index (Phi) is 6.92. The molecule has 0 aliphatic rings. The molecule has 2 aromatic rings. The predicted octanol–water partition coefficient (Wildman–Crippen LogP) is 4.39. The molecule has 0 spiro atoms. The van der Waals surface area contributed by atoms with Crippen LogP contribution in [-0.4, -0.2) is 32.0 Å². The minimum atomic E-state index is -4.39. The zero-order valence-electron chi connectivity index (χ0n) is 15.0. The highest BCUT2D eigenvalue weighted by Gasteiger charge is 2.28. The van der Waals surface area contributed by atoms with Crippen LogP contribution in [-0.2, 0) is 6.42 Å². The maximum atomic E-state index is 12.1. The van der Waals surface area contributed by atoms with E-state index < -0.39 is 18.8 Å². The average Bonchev–Trinajstić information content (AvgIpc) is 2.60. The second-order valence-electron chi connectivity index (χ2n) is 5.98. The number of amides is 2. The summed E-state index contributed by atoms with van der Waals surface area (Å²) in [5.74, 6) is 0.821. The molecule has 2 rings (SSSR count). The van der Waals surface area contributed by atoms with Gasteiger partial charge in [0.15, 0.2) is 6.61 Å². The normalized spacial score (nSPS) is 12.2. The highest BCUT2D eigenvalue weighted by Crippen LogP contribution is 2.20. The highest BCUT2D eigenvalue weighted by molar-refractivity contribution is 5.89. The lowest BCUT2D eigenvalue weighted by atomic mass is 10.1. The first-order valence-corrected chi connectivity index (χ1v) is 8.25. The van der Waals surface area contributed by atoms with Crippen LogP contribution in [0.5, 0.6) is 11.5 Å². The van der Waals surface area contributed by atoms with Crippen molar-refractivity contribution in [1.82, 2.24) is 5.32 Å². The molecule has 0 aliphatic carbocycles. The molecule has 5 nitrogen and oxygen atoms in total. The van der Waals surface area contributed by atoms with Crippen LogP contribution >= 0.6 is 0 Å². The maximum absolute atomic E-state index is 12.1. The summed E-state index contributed by atoms with van der Waals surface area (Å²) in [6.45, 7) is 0.509. The van der Waals surface area contributed by atoms with Gasteiger partial charge in [-0.2, -0.15) is 13.2 Å². The third-order valence-electron chi connectivity index (χ3n) is 3.57. The van der Waals surface area contributed by atoms with Crippen LogP contribution in [0.2, 0.25) is 0 Å². The number of carbonyl (C=O) groups is 1. The third-order valence-corrected chi connectivity index (χ3v) is 3.57. The van der Waals surface area contributed by atoms with Gasteiger partial charge in [-0.05, 0) is 55.3 Å². The lowest BCUT2D eigenvalue weighted by Gasteiger charge is -2.15. The summed E-state index contributed by atoms with van der Waals surface area (Å²) in [6.07, 6.45) is -3.77.